The van der Waals surface area contributed by atoms with Crippen LogP contribution in [0.3, 0.4) is 0 Å². The van der Waals surface area contributed by atoms with Crippen molar-refractivity contribution in [1.82, 2.24) is 5.32 Å². The van der Waals surface area contributed by atoms with Gasteiger partial charge in [0.05, 0.1) is 5.02 Å². The first-order chi connectivity index (χ1) is 7.50. The van der Waals surface area contributed by atoms with E-state index in [1.54, 1.807) is 6.07 Å². The van der Waals surface area contributed by atoms with Crippen LogP contribution in [0.1, 0.15) is 32.3 Å². The van der Waals surface area contributed by atoms with Crippen molar-refractivity contribution in [3.05, 3.63) is 34.6 Å². The van der Waals surface area contributed by atoms with E-state index in [2.05, 4.69) is 19.2 Å². The van der Waals surface area contributed by atoms with Crippen molar-refractivity contribution in [1.29, 1.82) is 0 Å². The fourth-order valence-electron chi connectivity index (χ4n) is 1.96. The number of rotatable bonds is 4. The Bertz CT molecular complexity index is 386. The van der Waals surface area contributed by atoms with Crippen LogP contribution in [0.4, 0.5) is 4.39 Å². The predicted octanol–water partition coefficient (Wildman–Crippen LogP) is 3.76. The third-order valence-corrected chi connectivity index (χ3v) is 3.79. The molecule has 1 N–H and O–H groups in total. The van der Waals surface area contributed by atoms with Crippen molar-refractivity contribution < 1.29 is 4.39 Å². The molecule has 88 valence electrons. The van der Waals surface area contributed by atoms with Gasteiger partial charge in [0.2, 0.25) is 0 Å². The molecule has 1 aliphatic rings. The molecule has 1 aromatic carbocycles. The van der Waals surface area contributed by atoms with Crippen molar-refractivity contribution >= 4 is 11.6 Å². The van der Waals surface area contributed by atoms with E-state index in [9.17, 15) is 4.39 Å². The second-order valence-electron chi connectivity index (χ2n) is 5.06. The van der Waals surface area contributed by atoms with Gasteiger partial charge in [-0.3, -0.25) is 0 Å². The number of hydrogen-bond acceptors (Lipinski definition) is 1. The molecule has 0 aliphatic heterocycles. The van der Waals surface area contributed by atoms with Crippen LogP contribution in [-0.2, 0) is 6.54 Å². The van der Waals surface area contributed by atoms with Crippen molar-refractivity contribution in [2.24, 2.45) is 5.92 Å². The van der Waals surface area contributed by atoms with E-state index < -0.39 is 0 Å². The molecule has 0 spiro atoms. The third kappa shape index (κ3) is 2.55. The van der Waals surface area contributed by atoms with E-state index in [4.69, 9.17) is 11.6 Å². The Morgan fingerprint density at radius 2 is 2.12 bits per heavy atom. The van der Waals surface area contributed by atoms with Crippen LogP contribution in [0.15, 0.2) is 18.2 Å². The molecule has 0 unspecified atom stereocenters. The summed E-state index contributed by atoms with van der Waals surface area (Å²) >= 11 is 5.90. The summed E-state index contributed by atoms with van der Waals surface area (Å²) in [5.41, 5.74) is 0.950. The average Bonchev–Trinajstić information content (AvgIpc) is 3.04. The van der Waals surface area contributed by atoms with Gasteiger partial charge in [-0.2, -0.15) is 0 Å². The highest BCUT2D eigenvalue weighted by atomic mass is 35.5. The maximum Gasteiger partial charge on any atom is 0.142 e. The fraction of sp³-hybridized carbons (Fsp3) is 0.538. The minimum Gasteiger partial charge on any atom is -0.307 e. The van der Waals surface area contributed by atoms with Crippen LogP contribution < -0.4 is 5.32 Å². The Kier molecular flexibility index (Phi) is 3.22. The molecule has 0 atom stereocenters. The summed E-state index contributed by atoms with van der Waals surface area (Å²) in [6.07, 6.45) is 2.58. The van der Waals surface area contributed by atoms with E-state index in [1.807, 2.05) is 6.07 Å². The highest BCUT2D eigenvalue weighted by Crippen LogP contribution is 2.39. The molecule has 0 heterocycles. The second kappa shape index (κ2) is 4.34. The molecule has 16 heavy (non-hydrogen) atoms. The highest BCUT2D eigenvalue weighted by Gasteiger charge is 2.37. The van der Waals surface area contributed by atoms with Gasteiger partial charge in [0.25, 0.3) is 0 Å². The normalized spacial score (nSPS) is 16.5. The minimum atomic E-state index is -0.342. The van der Waals surface area contributed by atoms with Crippen LogP contribution in [0.2, 0.25) is 5.02 Å². The molecule has 1 nitrogen and oxygen atoms in total. The Morgan fingerprint density at radius 1 is 1.44 bits per heavy atom. The van der Waals surface area contributed by atoms with Gasteiger partial charge in [0.1, 0.15) is 5.82 Å². The molecule has 0 radical (unpaired) electrons. The zero-order valence-electron chi connectivity index (χ0n) is 9.69. The van der Waals surface area contributed by atoms with Crippen LogP contribution in [-0.4, -0.2) is 5.54 Å². The molecule has 2 rings (SSSR count). The Morgan fingerprint density at radius 3 is 2.75 bits per heavy atom. The predicted molar refractivity (Wildman–Crippen MR) is 65.1 cm³/mol. The van der Waals surface area contributed by atoms with Crippen LogP contribution in [0.5, 0.6) is 0 Å². The SMILES string of the molecule is CC(C)(NCc1cccc(F)c1Cl)C1CC1. The lowest BCUT2D eigenvalue weighted by Gasteiger charge is -2.26. The molecular formula is C13H17ClFN. The van der Waals surface area contributed by atoms with Gasteiger partial charge in [-0.15, -0.1) is 0 Å². The van der Waals surface area contributed by atoms with E-state index in [0.29, 0.717) is 6.54 Å². The second-order valence-corrected chi connectivity index (χ2v) is 5.44. The fourth-order valence-corrected chi connectivity index (χ4v) is 2.15. The summed E-state index contributed by atoms with van der Waals surface area (Å²) in [6.45, 7) is 5.01. The summed E-state index contributed by atoms with van der Waals surface area (Å²) in [5.74, 6) is 0.407. The quantitative estimate of drug-likeness (QED) is 0.847. The van der Waals surface area contributed by atoms with Gasteiger partial charge in [-0.05, 0) is 44.2 Å². The summed E-state index contributed by atoms with van der Waals surface area (Å²) in [5, 5.41) is 3.69. The standard InChI is InChI=1S/C13H17ClFN/c1-13(2,10-6-7-10)16-8-9-4-3-5-11(15)12(9)14/h3-5,10,16H,6-8H2,1-2H3. The van der Waals surface area contributed by atoms with Crippen LogP contribution >= 0.6 is 11.6 Å². The van der Waals surface area contributed by atoms with Crippen molar-refractivity contribution in [2.45, 2.75) is 38.8 Å². The van der Waals surface area contributed by atoms with Crippen LogP contribution in [0, 0.1) is 11.7 Å². The molecule has 1 aliphatic carbocycles. The molecule has 1 fully saturated rings. The summed E-state index contributed by atoms with van der Waals surface area (Å²) in [4.78, 5) is 0. The minimum absolute atomic E-state index is 0.121. The van der Waals surface area contributed by atoms with Gasteiger partial charge in [0.15, 0.2) is 0 Å². The molecule has 0 bridgehead atoms. The lowest BCUT2D eigenvalue weighted by molar-refractivity contribution is 0.339. The molecule has 1 saturated carbocycles. The van der Waals surface area contributed by atoms with E-state index >= 15 is 0 Å². The first kappa shape index (κ1) is 11.9. The van der Waals surface area contributed by atoms with Crippen molar-refractivity contribution in [3.63, 3.8) is 0 Å². The zero-order chi connectivity index (χ0) is 11.8. The average molecular weight is 242 g/mol. The smallest absolute Gasteiger partial charge is 0.142 e. The van der Waals surface area contributed by atoms with Crippen molar-refractivity contribution in [3.8, 4) is 0 Å². The number of halogens is 2. The Hall–Kier alpha value is -0.600. The third-order valence-electron chi connectivity index (χ3n) is 3.36. The van der Waals surface area contributed by atoms with E-state index in [0.717, 1.165) is 11.5 Å². The lowest BCUT2D eigenvalue weighted by atomic mass is 9.98. The summed E-state index contributed by atoms with van der Waals surface area (Å²) in [7, 11) is 0. The van der Waals surface area contributed by atoms with Gasteiger partial charge in [-0.1, -0.05) is 23.7 Å². The van der Waals surface area contributed by atoms with Crippen molar-refractivity contribution in [2.75, 3.05) is 0 Å². The van der Waals surface area contributed by atoms with Gasteiger partial charge < -0.3 is 5.32 Å². The molecule has 0 aromatic heterocycles. The zero-order valence-corrected chi connectivity index (χ0v) is 10.4. The molecule has 3 heteroatoms. The molecule has 0 amide bonds. The van der Waals surface area contributed by atoms with E-state index in [1.165, 1.54) is 18.9 Å². The first-order valence-electron chi connectivity index (χ1n) is 5.68. The summed E-state index contributed by atoms with van der Waals surface area (Å²) < 4.78 is 13.2. The Balaban J connectivity index is 2.01. The maximum atomic E-state index is 13.2. The molecular weight excluding hydrogens is 225 g/mol. The van der Waals surface area contributed by atoms with Gasteiger partial charge >= 0.3 is 0 Å². The van der Waals surface area contributed by atoms with Crippen LogP contribution in [0.25, 0.3) is 0 Å². The Labute approximate surface area is 101 Å². The van der Waals surface area contributed by atoms with Gasteiger partial charge in [-0.25, -0.2) is 4.39 Å². The first-order valence-corrected chi connectivity index (χ1v) is 6.06. The number of nitrogens with one attached hydrogen (secondary N) is 1. The number of benzene rings is 1. The molecule has 0 saturated heterocycles. The van der Waals surface area contributed by atoms with E-state index in [-0.39, 0.29) is 16.4 Å². The molecule has 1 aromatic rings. The lowest BCUT2D eigenvalue weighted by Crippen LogP contribution is -2.40. The topological polar surface area (TPSA) is 12.0 Å². The highest BCUT2D eigenvalue weighted by molar-refractivity contribution is 6.31. The summed E-state index contributed by atoms with van der Waals surface area (Å²) in [6, 6.07) is 4.95. The largest absolute Gasteiger partial charge is 0.307 e. The van der Waals surface area contributed by atoms with Gasteiger partial charge in [0, 0.05) is 12.1 Å². The maximum absolute atomic E-state index is 13.2. The number of hydrogen-bond donors (Lipinski definition) is 1. The monoisotopic (exact) mass is 241 g/mol.